The molecule has 5 heteroatoms. The number of hydrogen-bond acceptors (Lipinski definition) is 4. The Morgan fingerprint density at radius 1 is 1.30 bits per heavy atom. The van der Waals surface area contributed by atoms with E-state index in [9.17, 15) is 13.5 Å². The fourth-order valence-electron chi connectivity index (χ4n) is 2.95. The minimum Gasteiger partial charge on any atom is -0.387 e. The average Bonchev–Trinajstić information content (AvgIpc) is 2.39. The third kappa shape index (κ3) is 3.40. The molecule has 3 unspecified atom stereocenters. The van der Waals surface area contributed by atoms with E-state index in [0.717, 1.165) is 12.0 Å². The van der Waals surface area contributed by atoms with Gasteiger partial charge in [-0.15, -0.1) is 0 Å². The van der Waals surface area contributed by atoms with Gasteiger partial charge in [0.15, 0.2) is 0 Å². The van der Waals surface area contributed by atoms with Crippen LogP contribution in [0, 0.1) is 0 Å². The van der Waals surface area contributed by atoms with Gasteiger partial charge in [-0.3, -0.25) is 4.90 Å². The maximum Gasteiger partial charge on any atom is 0.148 e. The van der Waals surface area contributed by atoms with E-state index in [4.69, 9.17) is 0 Å². The summed E-state index contributed by atoms with van der Waals surface area (Å²) >= 11 is 0. The van der Waals surface area contributed by atoms with Gasteiger partial charge in [-0.1, -0.05) is 31.2 Å². The molecule has 1 aromatic carbocycles. The molecule has 4 nitrogen and oxygen atoms in total. The molecule has 1 aromatic rings. The smallest absolute Gasteiger partial charge is 0.148 e. The van der Waals surface area contributed by atoms with Crippen LogP contribution in [0.15, 0.2) is 24.3 Å². The predicted molar refractivity (Wildman–Crippen MR) is 80.6 cm³/mol. The van der Waals surface area contributed by atoms with E-state index in [1.54, 1.807) is 0 Å². The first-order valence-corrected chi connectivity index (χ1v) is 9.00. The Balaban J connectivity index is 2.15. The summed E-state index contributed by atoms with van der Waals surface area (Å²) in [4.78, 5) is 1.97. The molecule has 112 valence electrons. The van der Waals surface area contributed by atoms with Crippen molar-refractivity contribution in [3.8, 4) is 0 Å². The quantitative estimate of drug-likeness (QED) is 0.916. The monoisotopic (exact) mass is 297 g/mol. The Labute approximate surface area is 121 Å². The Morgan fingerprint density at radius 3 is 2.50 bits per heavy atom. The van der Waals surface area contributed by atoms with Crippen LogP contribution in [0.2, 0.25) is 0 Å². The summed E-state index contributed by atoms with van der Waals surface area (Å²) in [6.45, 7) is 2.61. The first kappa shape index (κ1) is 15.5. The normalized spacial score (nSPS) is 26.6. The number of rotatable bonds is 4. The number of aliphatic hydroxyl groups is 1. The van der Waals surface area contributed by atoms with Gasteiger partial charge in [0.2, 0.25) is 0 Å². The highest BCUT2D eigenvalue weighted by Crippen LogP contribution is 2.39. The van der Waals surface area contributed by atoms with E-state index < -0.39 is 15.9 Å². The molecule has 0 spiro atoms. The fraction of sp³-hybridized carbons (Fsp3) is 0.600. The summed E-state index contributed by atoms with van der Waals surface area (Å²) in [5, 5.41) is 10.5. The summed E-state index contributed by atoms with van der Waals surface area (Å²) in [6.07, 6.45) is 1.54. The van der Waals surface area contributed by atoms with Crippen LogP contribution in [0.3, 0.4) is 0 Å². The Bertz CT molecular complexity index is 570. The van der Waals surface area contributed by atoms with E-state index >= 15 is 0 Å². The van der Waals surface area contributed by atoms with E-state index in [1.807, 2.05) is 30.1 Å². The molecule has 1 aliphatic carbocycles. The minimum absolute atomic E-state index is 0.0263. The van der Waals surface area contributed by atoms with Crippen molar-refractivity contribution in [1.29, 1.82) is 0 Å². The van der Waals surface area contributed by atoms with Crippen LogP contribution in [0.4, 0.5) is 0 Å². The molecule has 0 bridgehead atoms. The molecule has 0 saturated carbocycles. The van der Waals surface area contributed by atoms with Gasteiger partial charge in [-0.2, -0.15) is 0 Å². The molecule has 0 heterocycles. The SMILES string of the molecule is CC1CC(N(C)CCS(C)(=O)=O)C(O)c2ccccc21. The molecule has 20 heavy (non-hydrogen) atoms. The topological polar surface area (TPSA) is 57.6 Å². The zero-order chi connectivity index (χ0) is 14.9. The molecule has 0 saturated heterocycles. The summed E-state index contributed by atoms with van der Waals surface area (Å²) < 4.78 is 22.5. The molecule has 2 rings (SSSR count). The number of benzene rings is 1. The second-order valence-corrected chi connectivity index (χ2v) is 8.15. The van der Waals surface area contributed by atoms with Gasteiger partial charge in [0.05, 0.1) is 11.9 Å². The van der Waals surface area contributed by atoms with Gasteiger partial charge in [0, 0.05) is 18.8 Å². The molecule has 0 amide bonds. The van der Waals surface area contributed by atoms with Crippen molar-refractivity contribution in [2.24, 2.45) is 0 Å². The number of fused-ring (bicyclic) bond motifs is 1. The van der Waals surface area contributed by atoms with Crippen LogP contribution >= 0.6 is 0 Å². The molecule has 1 N–H and O–H groups in total. The second-order valence-electron chi connectivity index (χ2n) is 5.89. The molecule has 1 aliphatic rings. The van der Waals surface area contributed by atoms with E-state index in [0.29, 0.717) is 12.5 Å². The van der Waals surface area contributed by atoms with Crippen LogP contribution in [-0.2, 0) is 9.84 Å². The minimum atomic E-state index is -2.97. The molecular weight excluding hydrogens is 274 g/mol. The van der Waals surface area contributed by atoms with Crippen molar-refractivity contribution in [2.75, 3.05) is 25.6 Å². The van der Waals surface area contributed by atoms with Crippen LogP contribution in [0.25, 0.3) is 0 Å². The highest BCUT2D eigenvalue weighted by Gasteiger charge is 2.34. The summed E-state index contributed by atoms with van der Waals surface area (Å²) in [5.41, 5.74) is 2.18. The van der Waals surface area contributed by atoms with Crippen molar-refractivity contribution in [3.63, 3.8) is 0 Å². The van der Waals surface area contributed by atoms with Gasteiger partial charge in [0.1, 0.15) is 9.84 Å². The van der Waals surface area contributed by atoms with Gasteiger partial charge in [0.25, 0.3) is 0 Å². The highest BCUT2D eigenvalue weighted by molar-refractivity contribution is 7.90. The molecule has 0 aliphatic heterocycles. The van der Waals surface area contributed by atoms with E-state index in [1.165, 1.54) is 11.8 Å². The lowest BCUT2D eigenvalue weighted by Crippen LogP contribution is -2.42. The van der Waals surface area contributed by atoms with E-state index in [-0.39, 0.29) is 11.8 Å². The average molecular weight is 297 g/mol. The summed E-state index contributed by atoms with van der Waals surface area (Å²) in [5.74, 6) is 0.503. The van der Waals surface area contributed by atoms with Crippen molar-refractivity contribution in [3.05, 3.63) is 35.4 Å². The zero-order valence-corrected chi connectivity index (χ0v) is 13.1. The van der Waals surface area contributed by atoms with Crippen LogP contribution < -0.4 is 0 Å². The molecule has 0 radical (unpaired) electrons. The summed E-state index contributed by atoms with van der Waals surface area (Å²) in [6, 6.07) is 7.94. The number of aliphatic hydroxyl groups excluding tert-OH is 1. The first-order chi connectivity index (χ1) is 9.29. The maximum absolute atomic E-state index is 11.3. The van der Waals surface area contributed by atoms with Crippen molar-refractivity contribution in [2.45, 2.75) is 31.4 Å². The number of sulfone groups is 1. The van der Waals surface area contributed by atoms with Crippen molar-refractivity contribution >= 4 is 9.84 Å². The fourth-order valence-corrected chi connectivity index (χ4v) is 3.57. The van der Waals surface area contributed by atoms with Gasteiger partial charge in [-0.05, 0) is 30.5 Å². The number of hydrogen-bond donors (Lipinski definition) is 1. The lowest BCUT2D eigenvalue weighted by Gasteiger charge is -2.39. The third-order valence-electron chi connectivity index (χ3n) is 4.19. The largest absolute Gasteiger partial charge is 0.387 e. The van der Waals surface area contributed by atoms with Gasteiger partial charge in [-0.25, -0.2) is 8.42 Å². The number of nitrogens with zero attached hydrogens (tertiary/aromatic N) is 1. The van der Waals surface area contributed by atoms with Gasteiger partial charge < -0.3 is 5.11 Å². The second kappa shape index (κ2) is 5.84. The third-order valence-corrected chi connectivity index (χ3v) is 5.11. The molecular formula is C15H23NO3S. The Morgan fingerprint density at radius 2 is 1.90 bits per heavy atom. The lowest BCUT2D eigenvalue weighted by molar-refractivity contribution is 0.0478. The van der Waals surface area contributed by atoms with Crippen molar-refractivity contribution in [1.82, 2.24) is 4.90 Å². The first-order valence-electron chi connectivity index (χ1n) is 6.94. The van der Waals surface area contributed by atoms with Crippen LogP contribution in [0.1, 0.15) is 36.5 Å². The maximum atomic E-state index is 11.3. The van der Waals surface area contributed by atoms with Crippen LogP contribution in [0.5, 0.6) is 0 Å². The lowest BCUT2D eigenvalue weighted by atomic mass is 9.79. The zero-order valence-electron chi connectivity index (χ0n) is 12.3. The van der Waals surface area contributed by atoms with E-state index in [2.05, 4.69) is 13.0 Å². The molecule has 0 aromatic heterocycles. The molecule has 0 fully saturated rings. The van der Waals surface area contributed by atoms with Gasteiger partial charge >= 0.3 is 0 Å². The van der Waals surface area contributed by atoms with Crippen LogP contribution in [-0.4, -0.2) is 50.1 Å². The predicted octanol–water partition coefficient (Wildman–Crippen LogP) is 1.57. The molecule has 3 atom stereocenters. The standard InChI is InChI=1S/C15H23NO3S/c1-11-10-14(16(2)8-9-20(3,18)19)15(17)13-7-5-4-6-12(11)13/h4-7,11,14-15,17H,8-10H2,1-3H3. The Hall–Kier alpha value is -0.910. The van der Waals surface area contributed by atoms with Crippen molar-refractivity contribution < 1.29 is 13.5 Å². The Kier molecular flexibility index (Phi) is 4.52. The number of likely N-dealkylation sites (N-methyl/N-ethyl adjacent to an activating group) is 1. The summed E-state index contributed by atoms with van der Waals surface area (Å²) in [7, 11) is -1.08. The highest BCUT2D eigenvalue weighted by atomic mass is 32.2.